The minimum absolute atomic E-state index is 0.0647. The molecule has 1 aromatic carbocycles. The van der Waals surface area contributed by atoms with Gasteiger partial charge in [-0.3, -0.25) is 9.59 Å². The van der Waals surface area contributed by atoms with E-state index in [1.165, 1.54) is 18.2 Å². The Balaban J connectivity index is 2.35. The first-order valence-corrected chi connectivity index (χ1v) is 7.34. The number of hydrogen-bond acceptors (Lipinski definition) is 5. The summed E-state index contributed by atoms with van der Waals surface area (Å²) in [5.41, 5.74) is 0.414. The van der Waals surface area contributed by atoms with Gasteiger partial charge in [-0.15, -0.1) is 0 Å². The molecule has 0 atom stereocenters. The van der Waals surface area contributed by atoms with Crippen LogP contribution < -0.4 is 10.1 Å². The molecule has 0 aromatic heterocycles. The molecule has 8 nitrogen and oxygen atoms in total. The summed E-state index contributed by atoms with van der Waals surface area (Å²) in [4.78, 5) is 35.0. The van der Waals surface area contributed by atoms with E-state index in [-0.39, 0.29) is 17.2 Å². The van der Waals surface area contributed by atoms with E-state index < -0.39 is 24.5 Å². The summed E-state index contributed by atoms with van der Waals surface area (Å²) in [6.07, 6.45) is 1.37. The average Bonchev–Trinajstić information content (AvgIpc) is 2.71. The lowest BCUT2D eigenvalue weighted by Gasteiger charge is -2.09. The Hall–Kier alpha value is -2.55. The first-order valence-electron chi connectivity index (χ1n) is 6.55. The van der Waals surface area contributed by atoms with Crippen LogP contribution >= 0.6 is 15.9 Å². The van der Waals surface area contributed by atoms with Gasteiger partial charge in [0.2, 0.25) is 0 Å². The standard InChI is InChI=1S/C14H13BrN2O6/c1-2-23-11-4-7(8(15)5-10(11)18)3-9-13(21)17(6-12(19)20)14(22)16-9/h3-5,18H,2,6H2,1H3,(H,16,22)(H,19,20)/b9-3+. The number of aliphatic carboxylic acids is 1. The number of phenols is 1. The van der Waals surface area contributed by atoms with Crippen LogP contribution in [-0.2, 0) is 9.59 Å². The van der Waals surface area contributed by atoms with E-state index in [2.05, 4.69) is 21.2 Å². The highest BCUT2D eigenvalue weighted by atomic mass is 79.9. The third-order valence-electron chi connectivity index (χ3n) is 2.93. The summed E-state index contributed by atoms with van der Waals surface area (Å²) in [5, 5.41) is 20.8. The van der Waals surface area contributed by atoms with Crippen molar-refractivity contribution in [3.05, 3.63) is 27.9 Å². The fourth-order valence-electron chi connectivity index (χ4n) is 1.95. The predicted molar refractivity (Wildman–Crippen MR) is 82.8 cm³/mol. The molecular formula is C14H13BrN2O6. The van der Waals surface area contributed by atoms with Crippen LogP contribution in [0.15, 0.2) is 22.3 Å². The number of amides is 3. The van der Waals surface area contributed by atoms with Crippen LogP contribution in [0.2, 0.25) is 0 Å². The third kappa shape index (κ3) is 3.62. The molecule has 2 rings (SSSR count). The van der Waals surface area contributed by atoms with E-state index in [1.54, 1.807) is 6.92 Å². The zero-order valence-corrected chi connectivity index (χ0v) is 13.6. The summed E-state index contributed by atoms with van der Waals surface area (Å²) in [5.74, 6) is -1.88. The number of carboxylic acids is 1. The van der Waals surface area contributed by atoms with Crippen molar-refractivity contribution >= 4 is 39.9 Å². The fourth-order valence-corrected chi connectivity index (χ4v) is 2.39. The zero-order chi connectivity index (χ0) is 17.1. The number of phenolic OH excluding ortho intramolecular Hbond substituents is 1. The number of aromatic hydroxyl groups is 1. The van der Waals surface area contributed by atoms with E-state index in [0.29, 0.717) is 21.5 Å². The smallest absolute Gasteiger partial charge is 0.329 e. The Morgan fingerprint density at radius 3 is 2.74 bits per heavy atom. The molecule has 0 unspecified atom stereocenters. The van der Waals surface area contributed by atoms with Crippen molar-refractivity contribution in [1.82, 2.24) is 10.2 Å². The Bertz CT molecular complexity index is 715. The van der Waals surface area contributed by atoms with Crippen molar-refractivity contribution in [2.45, 2.75) is 6.92 Å². The van der Waals surface area contributed by atoms with Gasteiger partial charge in [-0.2, -0.15) is 0 Å². The number of carbonyl (C=O) groups excluding carboxylic acids is 2. The van der Waals surface area contributed by atoms with Crippen LogP contribution in [0.3, 0.4) is 0 Å². The summed E-state index contributed by atoms with van der Waals surface area (Å²) in [6, 6.07) is 2.09. The number of carbonyl (C=O) groups is 3. The molecule has 1 aliphatic rings. The van der Waals surface area contributed by atoms with Gasteiger partial charge in [0.25, 0.3) is 5.91 Å². The Labute approximate surface area is 139 Å². The van der Waals surface area contributed by atoms with Gasteiger partial charge in [0.15, 0.2) is 11.5 Å². The van der Waals surface area contributed by atoms with Crippen LogP contribution in [0.5, 0.6) is 11.5 Å². The maximum atomic E-state index is 12.1. The van der Waals surface area contributed by atoms with E-state index >= 15 is 0 Å². The summed E-state index contributed by atoms with van der Waals surface area (Å²) < 4.78 is 5.73. The Morgan fingerprint density at radius 1 is 1.43 bits per heavy atom. The average molecular weight is 385 g/mol. The molecule has 0 spiro atoms. The lowest BCUT2D eigenvalue weighted by Crippen LogP contribution is -2.35. The molecule has 0 radical (unpaired) electrons. The van der Waals surface area contributed by atoms with E-state index in [1.807, 2.05) is 0 Å². The molecule has 0 bridgehead atoms. The molecule has 1 aromatic rings. The monoisotopic (exact) mass is 384 g/mol. The molecule has 3 N–H and O–H groups in total. The molecule has 0 saturated carbocycles. The second kappa shape index (κ2) is 6.69. The van der Waals surface area contributed by atoms with Gasteiger partial charge in [-0.25, -0.2) is 9.69 Å². The number of urea groups is 1. The van der Waals surface area contributed by atoms with Gasteiger partial charge in [0.1, 0.15) is 12.2 Å². The highest BCUT2D eigenvalue weighted by Gasteiger charge is 2.35. The van der Waals surface area contributed by atoms with E-state index in [0.717, 1.165) is 0 Å². The number of hydrogen-bond donors (Lipinski definition) is 3. The van der Waals surface area contributed by atoms with E-state index in [4.69, 9.17) is 9.84 Å². The highest BCUT2D eigenvalue weighted by Crippen LogP contribution is 2.34. The number of carboxylic acid groups (broad SMARTS) is 1. The maximum absolute atomic E-state index is 12.1. The molecule has 0 aliphatic carbocycles. The number of rotatable bonds is 5. The lowest BCUT2D eigenvalue weighted by atomic mass is 10.1. The minimum atomic E-state index is -1.29. The lowest BCUT2D eigenvalue weighted by molar-refractivity contribution is -0.140. The van der Waals surface area contributed by atoms with Crippen LogP contribution in [0.4, 0.5) is 4.79 Å². The van der Waals surface area contributed by atoms with Gasteiger partial charge in [0, 0.05) is 4.47 Å². The predicted octanol–water partition coefficient (Wildman–Crippen LogP) is 1.53. The zero-order valence-electron chi connectivity index (χ0n) is 12.0. The highest BCUT2D eigenvalue weighted by molar-refractivity contribution is 9.10. The normalized spacial score (nSPS) is 15.9. The number of imide groups is 1. The van der Waals surface area contributed by atoms with Gasteiger partial charge in [-0.1, -0.05) is 15.9 Å². The van der Waals surface area contributed by atoms with Gasteiger partial charge in [-0.05, 0) is 30.7 Å². The maximum Gasteiger partial charge on any atom is 0.329 e. The number of benzene rings is 1. The van der Waals surface area contributed by atoms with Crippen LogP contribution in [-0.4, -0.2) is 46.2 Å². The molecule has 1 saturated heterocycles. The van der Waals surface area contributed by atoms with Crippen LogP contribution in [0, 0.1) is 0 Å². The summed E-state index contributed by atoms with van der Waals surface area (Å²) in [7, 11) is 0. The van der Waals surface area contributed by atoms with Crippen molar-refractivity contribution < 1.29 is 29.3 Å². The van der Waals surface area contributed by atoms with Gasteiger partial charge in [0.05, 0.1) is 6.61 Å². The first-order chi connectivity index (χ1) is 10.8. The summed E-state index contributed by atoms with van der Waals surface area (Å²) in [6.45, 7) is 1.38. The molecule has 3 amide bonds. The van der Waals surface area contributed by atoms with Crippen molar-refractivity contribution in [2.75, 3.05) is 13.2 Å². The van der Waals surface area contributed by atoms with E-state index in [9.17, 15) is 19.5 Å². The molecule has 1 heterocycles. The molecule has 9 heteroatoms. The Kier molecular flexibility index (Phi) is 4.89. The SMILES string of the molecule is CCOc1cc(/C=C2/NC(=O)N(CC(=O)O)C2=O)c(Br)cc1O. The molecule has 1 aliphatic heterocycles. The molecular weight excluding hydrogens is 372 g/mol. The van der Waals surface area contributed by atoms with Crippen LogP contribution in [0.1, 0.15) is 12.5 Å². The minimum Gasteiger partial charge on any atom is -0.504 e. The molecule has 122 valence electrons. The summed E-state index contributed by atoms with van der Waals surface area (Å²) >= 11 is 3.24. The second-order valence-electron chi connectivity index (χ2n) is 4.55. The fraction of sp³-hybridized carbons (Fsp3) is 0.214. The first kappa shape index (κ1) is 16.8. The number of nitrogens with zero attached hydrogens (tertiary/aromatic N) is 1. The quantitative estimate of drug-likeness (QED) is 0.523. The number of halogens is 1. The third-order valence-corrected chi connectivity index (χ3v) is 3.62. The van der Waals surface area contributed by atoms with Crippen LogP contribution in [0.25, 0.3) is 6.08 Å². The number of nitrogens with one attached hydrogen (secondary N) is 1. The molecule has 1 fully saturated rings. The topological polar surface area (TPSA) is 116 Å². The van der Waals surface area contributed by atoms with Crippen molar-refractivity contribution in [3.8, 4) is 11.5 Å². The number of ether oxygens (including phenoxy) is 1. The van der Waals surface area contributed by atoms with Gasteiger partial charge >= 0.3 is 12.0 Å². The van der Waals surface area contributed by atoms with Gasteiger partial charge < -0.3 is 20.3 Å². The Morgan fingerprint density at radius 2 is 2.13 bits per heavy atom. The van der Waals surface area contributed by atoms with Crippen molar-refractivity contribution in [1.29, 1.82) is 0 Å². The molecule has 23 heavy (non-hydrogen) atoms. The van der Waals surface area contributed by atoms with Crippen molar-refractivity contribution in [2.24, 2.45) is 0 Å². The van der Waals surface area contributed by atoms with Crippen molar-refractivity contribution in [3.63, 3.8) is 0 Å². The largest absolute Gasteiger partial charge is 0.504 e. The second-order valence-corrected chi connectivity index (χ2v) is 5.40.